The number of aliphatic hydroxyl groups is 1. The fourth-order valence-electron chi connectivity index (χ4n) is 1.18. The first-order valence-corrected chi connectivity index (χ1v) is 5.41. The van der Waals surface area contributed by atoms with Crippen molar-refractivity contribution in [3.05, 3.63) is 34.5 Å². The van der Waals surface area contributed by atoms with Gasteiger partial charge in [0.05, 0.1) is 6.10 Å². The normalized spacial score (nSPS) is 12.8. The minimum absolute atomic E-state index is 0.213. The van der Waals surface area contributed by atoms with Gasteiger partial charge in [-0.15, -0.1) is 17.9 Å². The average Bonchev–Trinajstić information content (AvgIpc) is 2.53. The summed E-state index contributed by atoms with van der Waals surface area (Å²) < 4.78 is 0. The Kier molecular flexibility index (Phi) is 4.19. The molecule has 0 aliphatic rings. The molecule has 13 heavy (non-hydrogen) atoms. The molecule has 1 rings (SSSR count). The molecule has 0 amide bonds. The third-order valence-corrected chi connectivity index (χ3v) is 2.82. The Balaban J connectivity index is 2.25. The van der Waals surface area contributed by atoms with Crippen LogP contribution in [0.25, 0.3) is 0 Å². The molecule has 1 atom stereocenters. The summed E-state index contributed by atoms with van der Waals surface area (Å²) in [6, 6.07) is 4.08. The Morgan fingerprint density at radius 2 is 2.46 bits per heavy atom. The number of aliphatic hydroxyl groups excluding tert-OH is 1. The van der Waals surface area contributed by atoms with Crippen molar-refractivity contribution in [2.24, 2.45) is 0 Å². The molecule has 0 saturated heterocycles. The highest BCUT2D eigenvalue weighted by Crippen LogP contribution is 2.14. The zero-order chi connectivity index (χ0) is 9.68. The van der Waals surface area contributed by atoms with Gasteiger partial charge in [0.2, 0.25) is 0 Å². The summed E-state index contributed by atoms with van der Waals surface area (Å²) in [5.74, 6) is 0. The zero-order valence-electron chi connectivity index (χ0n) is 7.99. The summed E-state index contributed by atoms with van der Waals surface area (Å²) in [5.41, 5.74) is 1.14. The predicted molar refractivity (Wildman–Crippen MR) is 58.1 cm³/mol. The zero-order valence-corrected chi connectivity index (χ0v) is 8.81. The van der Waals surface area contributed by atoms with Gasteiger partial charge in [-0.3, -0.25) is 0 Å². The minimum Gasteiger partial charge on any atom is -0.393 e. The van der Waals surface area contributed by atoms with Crippen LogP contribution in [0.5, 0.6) is 0 Å². The number of hydrogen-bond acceptors (Lipinski definition) is 2. The third-order valence-electron chi connectivity index (χ3n) is 1.92. The summed E-state index contributed by atoms with van der Waals surface area (Å²) in [4.78, 5) is 1.26. The van der Waals surface area contributed by atoms with Crippen LogP contribution in [0.3, 0.4) is 0 Å². The lowest BCUT2D eigenvalue weighted by Crippen LogP contribution is -2.09. The molecule has 0 aliphatic heterocycles. The Morgan fingerprint density at radius 1 is 1.69 bits per heavy atom. The van der Waals surface area contributed by atoms with Crippen LogP contribution in [-0.4, -0.2) is 11.2 Å². The molecule has 0 spiro atoms. The van der Waals surface area contributed by atoms with Gasteiger partial charge in [-0.2, -0.15) is 0 Å². The van der Waals surface area contributed by atoms with E-state index in [0.717, 1.165) is 24.8 Å². The molecule has 0 aromatic carbocycles. The van der Waals surface area contributed by atoms with Gasteiger partial charge in [0, 0.05) is 11.3 Å². The molecule has 0 radical (unpaired) electrons. The summed E-state index contributed by atoms with van der Waals surface area (Å²) in [5, 5.41) is 11.7. The van der Waals surface area contributed by atoms with Gasteiger partial charge in [-0.25, -0.2) is 0 Å². The maximum atomic E-state index is 9.64. The van der Waals surface area contributed by atoms with Crippen LogP contribution < -0.4 is 0 Å². The largest absolute Gasteiger partial charge is 0.393 e. The van der Waals surface area contributed by atoms with E-state index in [0.29, 0.717) is 0 Å². The molecule has 1 heterocycles. The molecule has 1 aromatic rings. The Morgan fingerprint density at radius 3 is 3.00 bits per heavy atom. The van der Waals surface area contributed by atoms with Crippen molar-refractivity contribution in [1.29, 1.82) is 0 Å². The number of allylic oxidation sites excluding steroid dienone is 1. The van der Waals surface area contributed by atoms with Gasteiger partial charge in [-0.1, -0.05) is 11.6 Å². The van der Waals surface area contributed by atoms with E-state index in [4.69, 9.17) is 0 Å². The summed E-state index contributed by atoms with van der Waals surface area (Å²) in [6.45, 7) is 5.81. The van der Waals surface area contributed by atoms with Gasteiger partial charge >= 0.3 is 0 Å². The second kappa shape index (κ2) is 5.20. The van der Waals surface area contributed by atoms with Crippen LogP contribution in [0.15, 0.2) is 29.7 Å². The first-order chi connectivity index (χ1) is 6.18. The fraction of sp³-hybridized carbons (Fsp3) is 0.455. The van der Waals surface area contributed by atoms with Crippen LogP contribution in [0.2, 0.25) is 0 Å². The molecular formula is C11H16OS. The van der Waals surface area contributed by atoms with E-state index in [2.05, 4.69) is 12.6 Å². The van der Waals surface area contributed by atoms with Crippen molar-refractivity contribution in [3.63, 3.8) is 0 Å². The molecule has 2 heteroatoms. The second-order valence-corrected chi connectivity index (χ2v) is 4.47. The van der Waals surface area contributed by atoms with Crippen molar-refractivity contribution < 1.29 is 5.11 Å². The van der Waals surface area contributed by atoms with E-state index < -0.39 is 0 Å². The van der Waals surface area contributed by atoms with Gasteiger partial charge in [0.25, 0.3) is 0 Å². The van der Waals surface area contributed by atoms with E-state index in [1.807, 2.05) is 18.4 Å². The van der Waals surface area contributed by atoms with E-state index in [9.17, 15) is 5.11 Å². The smallest absolute Gasteiger partial charge is 0.0591 e. The van der Waals surface area contributed by atoms with Crippen LogP contribution in [0.1, 0.15) is 24.6 Å². The first kappa shape index (κ1) is 10.5. The van der Waals surface area contributed by atoms with E-state index in [-0.39, 0.29) is 6.10 Å². The topological polar surface area (TPSA) is 20.2 Å². The van der Waals surface area contributed by atoms with Crippen LogP contribution in [0.4, 0.5) is 0 Å². The van der Waals surface area contributed by atoms with E-state index >= 15 is 0 Å². The monoisotopic (exact) mass is 196 g/mol. The second-order valence-electron chi connectivity index (χ2n) is 3.43. The fourth-order valence-corrected chi connectivity index (χ4v) is 1.95. The number of thiophene rings is 1. The number of hydrogen-bond donors (Lipinski definition) is 1. The molecule has 1 nitrogen and oxygen atoms in total. The van der Waals surface area contributed by atoms with Crippen molar-refractivity contribution in [2.45, 2.75) is 32.3 Å². The summed E-state index contributed by atoms with van der Waals surface area (Å²) in [7, 11) is 0. The van der Waals surface area contributed by atoms with Gasteiger partial charge in [-0.05, 0) is 31.2 Å². The Labute approximate surface area is 83.7 Å². The SMILES string of the molecule is C=C(C)CCC(O)Cc1cccs1. The van der Waals surface area contributed by atoms with Gasteiger partial charge < -0.3 is 5.11 Å². The number of rotatable bonds is 5. The molecular weight excluding hydrogens is 180 g/mol. The van der Waals surface area contributed by atoms with E-state index in [1.165, 1.54) is 4.88 Å². The predicted octanol–water partition coefficient (Wildman–Crippen LogP) is 3.01. The van der Waals surface area contributed by atoms with Gasteiger partial charge in [0.1, 0.15) is 0 Å². The lowest BCUT2D eigenvalue weighted by atomic mass is 10.1. The minimum atomic E-state index is -0.213. The van der Waals surface area contributed by atoms with Crippen molar-refractivity contribution >= 4 is 11.3 Å². The third kappa shape index (κ3) is 4.25. The Bertz CT molecular complexity index is 251. The molecule has 1 N–H and O–H groups in total. The van der Waals surface area contributed by atoms with Crippen molar-refractivity contribution in [3.8, 4) is 0 Å². The lowest BCUT2D eigenvalue weighted by molar-refractivity contribution is 0.166. The van der Waals surface area contributed by atoms with Crippen molar-refractivity contribution in [1.82, 2.24) is 0 Å². The molecule has 1 aromatic heterocycles. The summed E-state index contributed by atoms with van der Waals surface area (Å²) >= 11 is 1.70. The Hall–Kier alpha value is -0.600. The molecule has 1 unspecified atom stereocenters. The highest BCUT2D eigenvalue weighted by molar-refractivity contribution is 7.09. The average molecular weight is 196 g/mol. The molecule has 0 saturated carbocycles. The lowest BCUT2D eigenvalue weighted by Gasteiger charge is -2.08. The molecule has 0 bridgehead atoms. The molecule has 0 fully saturated rings. The van der Waals surface area contributed by atoms with Crippen molar-refractivity contribution in [2.75, 3.05) is 0 Å². The standard InChI is InChI=1S/C11H16OS/c1-9(2)5-6-10(12)8-11-4-3-7-13-11/h3-4,7,10,12H,1,5-6,8H2,2H3. The van der Waals surface area contributed by atoms with Crippen LogP contribution >= 0.6 is 11.3 Å². The molecule has 0 aliphatic carbocycles. The first-order valence-electron chi connectivity index (χ1n) is 4.53. The molecule has 72 valence electrons. The van der Waals surface area contributed by atoms with E-state index in [1.54, 1.807) is 11.3 Å². The van der Waals surface area contributed by atoms with Crippen LogP contribution in [0, 0.1) is 0 Å². The highest BCUT2D eigenvalue weighted by atomic mass is 32.1. The van der Waals surface area contributed by atoms with Gasteiger partial charge in [0.15, 0.2) is 0 Å². The quantitative estimate of drug-likeness (QED) is 0.718. The maximum absolute atomic E-state index is 9.64. The maximum Gasteiger partial charge on any atom is 0.0591 e. The summed E-state index contributed by atoms with van der Waals surface area (Å²) in [6.07, 6.45) is 2.32. The highest BCUT2D eigenvalue weighted by Gasteiger charge is 2.05. The van der Waals surface area contributed by atoms with Crippen LogP contribution in [-0.2, 0) is 6.42 Å².